The minimum absolute atomic E-state index is 0. The van der Waals surface area contributed by atoms with E-state index >= 15 is 0 Å². The van der Waals surface area contributed by atoms with Gasteiger partial charge in [0.1, 0.15) is 0 Å². The first-order valence-electron chi connectivity index (χ1n) is 17.6. The average Bonchev–Trinajstić information content (AvgIpc) is 4.01. The predicted octanol–water partition coefficient (Wildman–Crippen LogP) is 4.50. The van der Waals surface area contributed by atoms with Gasteiger partial charge in [-0.05, 0) is 56.8 Å². The molecule has 6 aromatic rings. The van der Waals surface area contributed by atoms with Crippen LogP contribution in [0.3, 0.4) is 0 Å². The van der Waals surface area contributed by atoms with Gasteiger partial charge in [0.05, 0.1) is 0 Å². The van der Waals surface area contributed by atoms with Crippen LogP contribution in [0, 0.1) is 0 Å². The summed E-state index contributed by atoms with van der Waals surface area (Å²) in [4.78, 5) is 23.1. The third-order valence-corrected chi connectivity index (χ3v) is 15.8. The largest absolute Gasteiger partial charge is 0.421 e. The molecule has 0 atom stereocenters. The van der Waals surface area contributed by atoms with E-state index in [-0.39, 0.29) is 45.5 Å². The van der Waals surface area contributed by atoms with Crippen LogP contribution in [0.2, 0.25) is 0 Å². The van der Waals surface area contributed by atoms with Gasteiger partial charge in [0.2, 0.25) is 0 Å². The zero-order valence-electron chi connectivity index (χ0n) is 29.4. The molecule has 6 aromatic carbocycles. The molecule has 2 saturated heterocycles. The second-order valence-corrected chi connectivity index (χ2v) is 18.6. The van der Waals surface area contributed by atoms with E-state index in [0.29, 0.717) is 0 Å². The number of rotatable bonds is 6. The van der Waals surface area contributed by atoms with Gasteiger partial charge in [0.25, 0.3) is 16.6 Å². The van der Waals surface area contributed by atoms with Crippen molar-refractivity contribution in [2.45, 2.75) is 25.7 Å². The van der Waals surface area contributed by atoms with Crippen LogP contribution < -0.4 is 31.1 Å². The van der Waals surface area contributed by atoms with Crippen molar-refractivity contribution in [2.75, 3.05) is 26.4 Å². The van der Waals surface area contributed by atoms with Crippen molar-refractivity contribution in [3.8, 4) is 0 Å². The summed E-state index contributed by atoms with van der Waals surface area (Å²) in [6, 6.07) is 59.9. The molecule has 51 heavy (non-hydrogen) atoms. The molecular weight excluding hydrogens is 736 g/mol. The van der Waals surface area contributed by atoms with Gasteiger partial charge in [0.15, 0.2) is 0 Å². The Kier molecular flexibility index (Phi) is 17.8. The van der Waals surface area contributed by atoms with E-state index in [0.717, 1.165) is 57.5 Å². The summed E-state index contributed by atoms with van der Waals surface area (Å²) in [5.74, 6) is 0. The van der Waals surface area contributed by atoms with E-state index in [4.69, 9.17) is 9.47 Å². The fourth-order valence-corrected chi connectivity index (χ4v) is 12.1. The van der Waals surface area contributed by atoms with Gasteiger partial charge in [-0.3, -0.25) is 0 Å². The molecule has 0 aromatic heterocycles. The van der Waals surface area contributed by atoms with E-state index in [9.17, 15) is 9.59 Å². The van der Waals surface area contributed by atoms with Crippen LogP contribution in [0.1, 0.15) is 25.7 Å². The Morgan fingerprint density at radius 2 is 0.451 bits per heavy atom. The first kappa shape index (κ1) is 40.8. The number of ether oxygens (including phenoxy) is 2. The molecule has 2 fully saturated rings. The van der Waals surface area contributed by atoms with Crippen LogP contribution in [0.4, 0.5) is 0 Å². The summed E-state index contributed by atoms with van der Waals surface area (Å²) in [6.07, 6.45) is 5.11. The Balaban J connectivity index is 0.000000177. The second kappa shape index (κ2) is 22.2. The Morgan fingerprint density at radius 3 is 0.569 bits per heavy atom. The molecular formula is C44H48O4Si2Sr. The molecule has 0 amide bonds. The molecule has 2 N–H and O–H groups in total. The normalized spacial score (nSPS) is 13.5. The van der Waals surface area contributed by atoms with Gasteiger partial charge in [-0.2, -0.15) is 0 Å². The first-order valence-corrected chi connectivity index (χ1v) is 21.5. The van der Waals surface area contributed by atoms with Crippen molar-refractivity contribution in [1.29, 1.82) is 0 Å². The van der Waals surface area contributed by atoms with Crippen molar-refractivity contribution in [2.24, 2.45) is 0 Å². The monoisotopic (exact) mass is 784 g/mol. The molecule has 4 nitrogen and oxygen atoms in total. The molecule has 0 unspecified atom stereocenters. The van der Waals surface area contributed by atoms with Gasteiger partial charge in [-0.15, -0.1) is 0 Å². The number of hydrogen-bond donors (Lipinski definition) is 2. The fourth-order valence-electron chi connectivity index (χ4n) is 6.10. The topological polar surface area (TPSA) is 58.9 Å². The molecule has 2 heterocycles. The maximum atomic E-state index is 11.6. The van der Waals surface area contributed by atoms with Gasteiger partial charge < -0.3 is 19.1 Å². The Labute approximate surface area is 343 Å². The molecule has 2 aliphatic rings. The van der Waals surface area contributed by atoms with Gasteiger partial charge in [-0.25, -0.2) is 0 Å². The molecule has 0 saturated carbocycles. The Morgan fingerprint density at radius 1 is 0.294 bits per heavy atom. The standard InChI is InChI=1S/2C18H16OSi.2C4H8O.Sr/c2*19-20(16-10-4-1-5-11-16,17-12-6-2-7-13-17)18-14-8-3-9-15-18;2*1-2-4-5-3-1;/h2*1-15,19H;2*1-4H2;. The van der Waals surface area contributed by atoms with Crippen LogP contribution in [-0.2, 0) is 9.47 Å². The van der Waals surface area contributed by atoms with Crippen molar-refractivity contribution in [1.82, 2.24) is 0 Å². The molecule has 2 radical (unpaired) electrons. The average molecular weight is 785 g/mol. The summed E-state index contributed by atoms with van der Waals surface area (Å²) in [5.41, 5.74) is 0. The SMILES string of the molecule is C1CCOC1.C1CCOC1.O[Si](c1ccccc1)(c1ccccc1)c1ccccc1.O[Si](c1ccccc1)(c1ccccc1)c1ccccc1.[Sr]. The van der Waals surface area contributed by atoms with Crippen LogP contribution >= 0.6 is 0 Å². The first-order chi connectivity index (χ1) is 24.6. The van der Waals surface area contributed by atoms with E-state index in [1.165, 1.54) is 25.7 Å². The number of benzene rings is 6. The van der Waals surface area contributed by atoms with E-state index in [1.807, 2.05) is 182 Å². The maximum Gasteiger partial charge on any atom is 0.285 e. The number of hydrogen-bond acceptors (Lipinski definition) is 4. The Bertz CT molecular complexity index is 1410. The van der Waals surface area contributed by atoms with E-state index in [1.54, 1.807) is 0 Å². The van der Waals surface area contributed by atoms with Crippen molar-refractivity contribution in [3.05, 3.63) is 182 Å². The summed E-state index contributed by atoms with van der Waals surface area (Å²) in [7, 11) is -5.76. The van der Waals surface area contributed by atoms with Crippen LogP contribution in [0.5, 0.6) is 0 Å². The van der Waals surface area contributed by atoms with Crippen molar-refractivity contribution >= 4 is 93.2 Å². The molecule has 7 heteroatoms. The molecule has 0 bridgehead atoms. The quantitative estimate of drug-likeness (QED) is 0.193. The van der Waals surface area contributed by atoms with Gasteiger partial charge in [-0.1, -0.05) is 182 Å². The van der Waals surface area contributed by atoms with Crippen LogP contribution in [0.25, 0.3) is 0 Å². The van der Waals surface area contributed by atoms with E-state index in [2.05, 4.69) is 0 Å². The molecule has 258 valence electrons. The third-order valence-electron chi connectivity index (χ3n) is 8.80. The minimum Gasteiger partial charge on any atom is -0.421 e. The zero-order chi connectivity index (χ0) is 34.7. The molecule has 0 aliphatic carbocycles. The zero-order valence-corrected chi connectivity index (χ0v) is 34.9. The van der Waals surface area contributed by atoms with Gasteiger partial charge in [0, 0.05) is 71.9 Å². The second-order valence-electron chi connectivity index (χ2n) is 12.3. The fraction of sp³-hybridized carbons (Fsp3) is 0.182. The molecule has 8 rings (SSSR count). The van der Waals surface area contributed by atoms with Gasteiger partial charge >= 0.3 is 0 Å². The van der Waals surface area contributed by atoms with Crippen molar-refractivity contribution < 1.29 is 19.1 Å². The smallest absolute Gasteiger partial charge is 0.285 e. The summed E-state index contributed by atoms with van der Waals surface area (Å²) in [5, 5.41) is 6.07. The minimum atomic E-state index is -2.88. The van der Waals surface area contributed by atoms with E-state index < -0.39 is 16.6 Å². The summed E-state index contributed by atoms with van der Waals surface area (Å²) >= 11 is 0. The maximum absolute atomic E-state index is 11.6. The predicted molar refractivity (Wildman–Crippen MR) is 218 cm³/mol. The molecule has 0 spiro atoms. The summed E-state index contributed by atoms with van der Waals surface area (Å²) in [6.45, 7) is 4.00. The Hall–Kier alpha value is -2.93. The van der Waals surface area contributed by atoms with Crippen LogP contribution in [-0.4, -0.2) is 98.1 Å². The summed E-state index contributed by atoms with van der Waals surface area (Å²) < 4.78 is 9.89. The third kappa shape index (κ3) is 11.5. The molecule has 2 aliphatic heterocycles. The van der Waals surface area contributed by atoms with Crippen LogP contribution in [0.15, 0.2) is 182 Å². The van der Waals surface area contributed by atoms with Crippen molar-refractivity contribution in [3.63, 3.8) is 0 Å².